The number of rotatable bonds is 2. The lowest BCUT2D eigenvalue weighted by Crippen LogP contribution is -2.29. The van der Waals surface area contributed by atoms with E-state index in [0.29, 0.717) is 23.5 Å². The molecule has 2 N–H and O–H groups in total. The second-order valence-corrected chi connectivity index (χ2v) is 8.42. The van der Waals surface area contributed by atoms with Crippen LogP contribution in [0.3, 0.4) is 0 Å². The average Bonchev–Trinajstić information content (AvgIpc) is 2.81. The van der Waals surface area contributed by atoms with Crippen LogP contribution < -0.4 is 14.8 Å². The van der Waals surface area contributed by atoms with Crippen LogP contribution in [0.1, 0.15) is 55.7 Å². The molecule has 0 radical (unpaired) electrons. The molecule has 0 saturated carbocycles. The summed E-state index contributed by atoms with van der Waals surface area (Å²) in [4.78, 5) is 12.9. The highest BCUT2D eigenvalue weighted by Gasteiger charge is 2.30. The highest BCUT2D eigenvalue weighted by molar-refractivity contribution is 5.83. The third kappa shape index (κ3) is 4.60. The molecule has 0 aromatic heterocycles. The van der Waals surface area contributed by atoms with Gasteiger partial charge in [-0.3, -0.25) is 4.79 Å². The summed E-state index contributed by atoms with van der Waals surface area (Å²) in [5.41, 5.74) is 3.21. The summed E-state index contributed by atoms with van der Waals surface area (Å²) >= 11 is 0. The summed E-state index contributed by atoms with van der Waals surface area (Å²) in [6.07, 6.45) is 8.93. The Bertz CT molecular complexity index is 1000. The molecule has 1 fully saturated rings. The van der Waals surface area contributed by atoms with E-state index in [2.05, 4.69) is 5.32 Å². The number of phenolic OH excluding ortho intramolecular Hbond substituents is 1. The minimum atomic E-state index is -0.220. The molecule has 4 bridgehead atoms. The average molecular weight is 438 g/mol. The largest absolute Gasteiger partial charge is 0.507 e. The lowest BCUT2D eigenvalue weighted by Gasteiger charge is -2.28. The van der Waals surface area contributed by atoms with Gasteiger partial charge in [0.1, 0.15) is 5.75 Å². The maximum Gasteiger partial charge on any atom is 0.313 e. The predicted molar refractivity (Wildman–Crippen MR) is 124 cm³/mol. The SMILES string of the molecule is COc1ccc2c(c1OC)-c1cc(ccc1O)C=COC(=O)C1CCCCCCNC2C1. The van der Waals surface area contributed by atoms with Gasteiger partial charge in [-0.25, -0.2) is 0 Å². The molecule has 170 valence electrons. The third-order valence-corrected chi connectivity index (χ3v) is 6.41. The molecule has 2 heterocycles. The first-order chi connectivity index (χ1) is 15.6. The van der Waals surface area contributed by atoms with E-state index in [1.54, 1.807) is 32.4 Å². The van der Waals surface area contributed by atoms with Crippen LogP contribution in [0.2, 0.25) is 0 Å². The van der Waals surface area contributed by atoms with Crippen molar-refractivity contribution in [2.45, 2.75) is 44.6 Å². The summed E-state index contributed by atoms with van der Waals surface area (Å²) in [5, 5.41) is 14.5. The molecule has 32 heavy (non-hydrogen) atoms. The van der Waals surface area contributed by atoms with E-state index < -0.39 is 0 Å². The van der Waals surface area contributed by atoms with Crippen LogP contribution in [0, 0.1) is 5.92 Å². The molecule has 0 amide bonds. The minimum absolute atomic E-state index is 0.105. The van der Waals surface area contributed by atoms with Gasteiger partial charge in [-0.05, 0) is 61.2 Å². The fraction of sp³-hybridized carbons (Fsp3) is 0.423. The molecular weight excluding hydrogens is 406 g/mol. The van der Waals surface area contributed by atoms with Crippen molar-refractivity contribution in [3.05, 3.63) is 47.7 Å². The molecule has 0 spiro atoms. The third-order valence-electron chi connectivity index (χ3n) is 6.41. The van der Waals surface area contributed by atoms with E-state index in [-0.39, 0.29) is 23.7 Å². The van der Waals surface area contributed by atoms with Gasteiger partial charge in [-0.1, -0.05) is 31.4 Å². The van der Waals surface area contributed by atoms with Crippen molar-refractivity contribution in [3.8, 4) is 28.4 Å². The van der Waals surface area contributed by atoms with Crippen LogP contribution in [0.15, 0.2) is 36.6 Å². The molecule has 4 rings (SSSR count). The standard InChI is InChI=1S/C26H31NO5/c1-30-23-11-9-19-21-16-18(7-5-3-4-6-13-27-21)26(29)32-14-12-17-8-10-22(28)20(15-17)24(19)25(23)31-2/h8-12,14-15,18,21,27-28H,3-7,13,16H2,1-2H3. The van der Waals surface area contributed by atoms with Crippen LogP contribution in [0.4, 0.5) is 0 Å². The number of methoxy groups -OCH3 is 2. The molecule has 2 aromatic carbocycles. The minimum Gasteiger partial charge on any atom is -0.507 e. The number of hydrogen-bond donors (Lipinski definition) is 2. The predicted octanol–water partition coefficient (Wildman–Crippen LogP) is 5.21. The van der Waals surface area contributed by atoms with Crippen LogP contribution in [-0.2, 0) is 9.53 Å². The number of esters is 1. The highest BCUT2D eigenvalue weighted by atomic mass is 16.5. The lowest BCUT2D eigenvalue weighted by molar-refractivity contribution is -0.143. The Hall–Kier alpha value is -2.99. The molecule has 2 aliphatic rings. The van der Waals surface area contributed by atoms with Crippen LogP contribution in [0.25, 0.3) is 17.2 Å². The fourth-order valence-corrected chi connectivity index (χ4v) is 4.73. The Balaban J connectivity index is 1.96. The number of hydrogen-bond acceptors (Lipinski definition) is 6. The number of cyclic esters (lactones) is 1. The van der Waals surface area contributed by atoms with E-state index in [1.165, 1.54) is 6.26 Å². The molecule has 2 aliphatic heterocycles. The summed E-state index contributed by atoms with van der Waals surface area (Å²) in [6, 6.07) is 9.10. The summed E-state index contributed by atoms with van der Waals surface area (Å²) in [7, 11) is 3.21. The Morgan fingerprint density at radius 2 is 1.91 bits per heavy atom. The van der Waals surface area contributed by atoms with E-state index in [0.717, 1.165) is 55.3 Å². The van der Waals surface area contributed by atoms with Gasteiger partial charge in [-0.2, -0.15) is 0 Å². The van der Waals surface area contributed by atoms with Crippen LogP contribution in [-0.4, -0.2) is 31.8 Å². The Labute approximate surface area is 189 Å². The molecule has 2 aromatic rings. The molecule has 6 nitrogen and oxygen atoms in total. The smallest absolute Gasteiger partial charge is 0.313 e. The maximum absolute atomic E-state index is 12.9. The van der Waals surface area contributed by atoms with Gasteiger partial charge in [-0.15, -0.1) is 0 Å². The van der Waals surface area contributed by atoms with Crippen LogP contribution >= 0.6 is 0 Å². The number of fused-ring (bicyclic) bond motifs is 7. The summed E-state index contributed by atoms with van der Waals surface area (Å²) in [6.45, 7) is 0.853. The fourth-order valence-electron chi connectivity index (χ4n) is 4.73. The Kier molecular flexibility index (Phi) is 7.00. The Morgan fingerprint density at radius 1 is 1.06 bits per heavy atom. The van der Waals surface area contributed by atoms with E-state index in [4.69, 9.17) is 14.2 Å². The second kappa shape index (κ2) is 10.1. The number of carbonyl (C=O) groups is 1. The quantitative estimate of drug-likeness (QED) is 0.629. The zero-order chi connectivity index (χ0) is 22.5. The molecule has 2 atom stereocenters. The number of ether oxygens (including phenoxy) is 3. The first-order valence-corrected chi connectivity index (χ1v) is 11.3. The second-order valence-electron chi connectivity index (χ2n) is 8.42. The lowest BCUT2D eigenvalue weighted by atomic mass is 9.85. The number of carbonyl (C=O) groups excluding carboxylic acids is 1. The van der Waals surface area contributed by atoms with Crippen molar-refractivity contribution < 1.29 is 24.1 Å². The molecule has 2 unspecified atom stereocenters. The Morgan fingerprint density at radius 3 is 2.72 bits per heavy atom. The zero-order valence-electron chi connectivity index (χ0n) is 18.7. The van der Waals surface area contributed by atoms with E-state index >= 15 is 0 Å². The van der Waals surface area contributed by atoms with Gasteiger partial charge in [0.2, 0.25) is 0 Å². The number of aromatic hydroxyl groups is 1. The number of benzene rings is 2. The van der Waals surface area contributed by atoms with E-state index in [1.807, 2.05) is 18.2 Å². The zero-order valence-corrected chi connectivity index (χ0v) is 18.7. The first-order valence-electron chi connectivity index (χ1n) is 11.3. The highest BCUT2D eigenvalue weighted by Crippen LogP contribution is 2.47. The molecule has 0 aliphatic carbocycles. The maximum atomic E-state index is 12.9. The van der Waals surface area contributed by atoms with Crippen molar-refractivity contribution >= 4 is 12.0 Å². The van der Waals surface area contributed by atoms with E-state index in [9.17, 15) is 9.90 Å². The monoisotopic (exact) mass is 437 g/mol. The van der Waals surface area contributed by atoms with Crippen LogP contribution in [0.5, 0.6) is 17.2 Å². The normalized spacial score (nSPS) is 21.4. The van der Waals surface area contributed by atoms with Gasteiger partial charge < -0.3 is 24.6 Å². The molecule has 6 heteroatoms. The number of nitrogens with one attached hydrogen (secondary N) is 1. The van der Waals surface area contributed by atoms with Crippen molar-refractivity contribution in [1.29, 1.82) is 0 Å². The van der Waals surface area contributed by atoms with Gasteiger partial charge >= 0.3 is 5.97 Å². The van der Waals surface area contributed by atoms with Crippen molar-refractivity contribution in [2.75, 3.05) is 20.8 Å². The van der Waals surface area contributed by atoms with Crippen molar-refractivity contribution in [3.63, 3.8) is 0 Å². The van der Waals surface area contributed by atoms with Crippen molar-refractivity contribution in [2.24, 2.45) is 5.92 Å². The van der Waals surface area contributed by atoms with Gasteiger partial charge in [0.05, 0.1) is 26.4 Å². The molecular formula is C26H31NO5. The summed E-state index contributed by atoms with van der Waals surface area (Å²) < 4.78 is 16.9. The summed E-state index contributed by atoms with van der Waals surface area (Å²) in [5.74, 6) is 0.893. The number of phenols is 1. The van der Waals surface area contributed by atoms with Gasteiger partial charge in [0, 0.05) is 17.2 Å². The van der Waals surface area contributed by atoms with Gasteiger partial charge in [0.25, 0.3) is 0 Å². The van der Waals surface area contributed by atoms with Crippen molar-refractivity contribution in [1.82, 2.24) is 5.32 Å². The first kappa shape index (κ1) is 22.2. The molecule has 1 saturated heterocycles. The van der Waals surface area contributed by atoms with Gasteiger partial charge in [0.15, 0.2) is 11.5 Å². The topological polar surface area (TPSA) is 77.0 Å².